The Labute approximate surface area is 114 Å². The number of aromatic nitrogens is 2. The molecule has 0 saturated carbocycles. The van der Waals surface area contributed by atoms with E-state index in [9.17, 15) is 13.2 Å². The fourth-order valence-electron chi connectivity index (χ4n) is 2.57. The highest BCUT2D eigenvalue weighted by Gasteiger charge is 2.22. The number of imidazole rings is 1. The van der Waals surface area contributed by atoms with E-state index in [4.69, 9.17) is 0 Å². The smallest absolute Gasteiger partial charge is 0.161 e. The largest absolute Gasteiger partial charge is 0.311 e. The normalized spacial score (nSPS) is 14.4. The number of aryl methyl sites for hydroxylation is 1. The van der Waals surface area contributed by atoms with E-state index < -0.39 is 17.5 Å². The van der Waals surface area contributed by atoms with Crippen LogP contribution in [-0.4, -0.2) is 16.1 Å². The maximum Gasteiger partial charge on any atom is 0.161 e. The molecule has 2 aromatic rings. The highest BCUT2D eigenvalue weighted by Crippen LogP contribution is 2.25. The Bertz CT molecular complexity index is 664. The second-order valence-electron chi connectivity index (χ2n) is 4.75. The molecule has 0 saturated heterocycles. The highest BCUT2D eigenvalue weighted by atomic mass is 19.2. The monoisotopic (exact) mass is 281 g/mol. The molecule has 106 valence electrons. The molecule has 0 amide bonds. The molecule has 0 spiro atoms. The summed E-state index contributed by atoms with van der Waals surface area (Å²) in [6.45, 7) is 3.27. The van der Waals surface area contributed by atoms with E-state index in [-0.39, 0.29) is 5.69 Å². The van der Waals surface area contributed by atoms with Crippen LogP contribution in [0.25, 0.3) is 5.69 Å². The Balaban J connectivity index is 2.23. The molecule has 3 rings (SSSR count). The Kier molecular flexibility index (Phi) is 3.25. The molecule has 1 aliphatic rings. The van der Waals surface area contributed by atoms with Crippen molar-refractivity contribution in [3.63, 3.8) is 0 Å². The molecule has 0 aliphatic carbocycles. The van der Waals surface area contributed by atoms with Gasteiger partial charge in [0.15, 0.2) is 11.6 Å². The van der Waals surface area contributed by atoms with Crippen molar-refractivity contribution in [2.45, 2.75) is 26.3 Å². The molecule has 2 heterocycles. The Morgan fingerprint density at radius 3 is 2.70 bits per heavy atom. The van der Waals surface area contributed by atoms with Gasteiger partial charge in [0.25, 0.3) is 0 Å². The first-order valence-corrected chi connectivity index (χ1v) is 6.56. The maximum atomic E-state index is 14.0. The third kappa shape index (κ3) is 2.00. The second kappa shape index (κ2) is 4.94. The number of nitrogens with zero attached hydrogens (tertiary/aromatic N) is 2. The predicted octanol–water partition coefficient (Wildman–Crippen LogP) is 2.50. The summed E-state index contributed by atoms with van der Waals surface area (Å²) in [4.78, 5) is 4.46. The van der Waals surface area contributed by atoms with Gasteiger partial charge in [0, 0.05) is 43.8 Å². The molecule has 1 aromatic heterocycles. The first-order chi connectivity index (χ1) is 9.61. The number of fused-ring (bicyclic) bond motifs is 1. The van der Waals surface area contributed by atoms with Crippen molar-refractivity contribution in [1.29, 1.82) is 0 Å². The predicted molar refractivity (Wildman–Crippen MR) is 68.2 cm³/mol. The van der Waals surface area contributed by atoms with Gasteiger partial charge < -0.3 is 5.32 Å². The lowest BCUT2D eigenvalue weighted by Crippen LogP contribution is -2.25. The summed E-state index contributed by atoms with van der Waals surface area (Å²) in [5.74, 6) is -2.36. The van der Waals surface area contributed by atoms with Crippen LogP contribution in [0.3, 0.4) is 0 Å². The lowest BCUT2D eigenvalue weighted by atomic mass is 10.1. The van der Waals surface area contributed by atoms with Crippen LogP contribution in [0.1, 0.15) is 24.1 Å². The van der Waals surface area contributed by atoms with Gasteiger partial charge >= 0.3 is 0 Å². The molecular weight excluding hydrogens is 267 g/mol. The summed E-state index contributed by atoms with van der Waals surface area (Å²) in [7, 11) is 0. The van der Waals surface area contributed by atoms with Gasteiger partial charge in [-0.1, -0.05) is 6.92 Å². The van der Waals surface area contributed by atoms with Crippen LogP contribution in [-0.2, 0) is 19.4 Å². The van der Waals surface area contributed by atoms with Crippen LogP contribution >= 0.6 is 0 Å². The Morgan fingerprint density at radius 2 is 1.95 bits per heavy atom. The zero-order valence-corrected chi connectivity index (χ0v) is 11.0. The minimum absolute atomic E-state index is 0.0244. The van der Waals surface area contributed by atoms with Gasteiger partial charge in [0.2, 0.25) is 0 Å². The van der Waals surface area contributed by atoms with Crippen molar-refractivity contribution in [2.75, 3.05) is 6.54 Å². The lowest BCUT2D eigenvalue weighted by molar-refractivity contribution is 0.491. The second-order valence-corrected chi connectivity index (χ2v) is 4.75. The molecule has 1 aliphatic heterocycles. The van der Waals surface area contributed by atoms with Crippen molar-refractivity contribution in [3.05, 3.63) is 46.8 Å². The van der Waals surface area contributed by atoms with Crippen molar-refractivity contribution >= 4 is 0 Å². The molecule has 0 bridgehead atoms. The molecule has 6 heteroatoms. The maximum absolute atomic E-state index is 14.0. The Hall–Kier alpha value is -1.82. The van der Waals surface area contributed by atoms with Gasteiger partial charge in [0.1, 0.15) is 11.6 Å². The minimum atomic E-state index is -1.18. The van der Waals surface area contributed by atoms with Crippen molar-refractivity contribution < 1.29 is 13.2 Å². The van der Waals surface area contributed by atoms with Gasteiger partial charge in [-0.2, -0.15) is 0 Å². The van der Waals surface area contributed by atoms with Gasteiger partial charge in [-0.3, -0.25) is 4.57 Å². The highest BCUT2D eigenvalue weighted by molar-refractivity contribution is 5.40. The van der Waals surface area contributed by atoms with E-state index in [1.807, 2.05) is 6.92 Å². The van der Waals surface area contributed by atoms with E-state index in [0.29, 0.717) is 31.3 Å². The van der Waals surface area contributed by atoms with Gasteiger partial charge in [-0.05, 0) is 0 Å². The average molecular weight is 281 g/mol. The third-order valence-corrected chi connectivity index (χ3v) is 3.50. The first kappa shape index (κ1) is 13.2. The first-order valence-electron chi connectivity index (χ1n) is 6.56. The third-order valence-electron chi connectivity index (χ3n) is 3.50. The molecule has 1 aromatic carbocycles. The van der Waals surface area contributed by atoms with Crippen LogP contribution in [0.2, 0.25) is 0 Å². The quantitative estimate of drug-likeness (QED) is 0.857. The lowest BCUT2D eigenvalue weighted by Gasteiger charge is -2.16. The van der Waals surface area contributed by atoms with Crippen molar-refractivity contribution in [2.24, 2.45) is 0 Å². The zero-order valence-electron chi connectivity index (χ0n) is 11.0. The number of hydrogen-bond donors (Lipinski definition) is 1. The number of hydrogen-bond acceptors (Lipinski definition) is 2. The standard InChI is InChI=1S/C14H14F3N3/c1-2-14-19-11-7-18-4-3-12(11)20(14)13-6-9(16)8(15)5-10(13)17/h5-6,18H,2-4,7H2,1H3. The summed E-state index contributed by atoms with van der Waals surface area (Å²) < 4.78 is 42.1. The van der Waals surface area contributed by atoms with Gasteiger partial charge in [-0.25, -0.2) is 18.2 Å². The summed E-state index contributed by atoms with van der Waals surface area (Å²) >= 11 is 0. The van der Waals surface area contributed by atoms with E-state index in [0.717, 1.165) is 24.0 Å². The van der Waals surface area contributed by atoms with Crippen molar-refractivity contribution in [1.82, 2.24) is 14.9 Å². The SMILES string of the molecule is CCc1nc2c(n1-c1cc(F)c(F)cc1F)CCNC2. The molecule has 0 fully saturated rings. The topological polar surface area (TPSA) is 29.9 Å². The fraction of sp³-hybridized carbons (Fsp3) is 0.357. The number of rotatable bonds is 2. The number of halogens is 3. The molecule has 0 unspecified atom stereocenters. The summed E-state index contributed by atoms with van der Waals surface area (Å²) in [6.07, 6.45) is 1.27. The van der Waals surface area contributed by atoms with Crippen LogP contribution in [0.4, 0.5) is 13.2 Å². The van der Waals surface area contributed by atoms with E-state index in [1.54, 1.807) is 4.57 Å². The van der Waals surface area contributed by atoms with Gasteiger partial charge in [-0.15, -0.1) is 0 Å². The van der Waals surface area contributed by atoms with Crippen molar-refractivity contribution in [3.8, 4) is 5.69 Å². The summed E-state index contributed by atoms with van der Waals surface area (Å²) in [5, 5.41) is 3.19. The molecular formula is C14H14F3N3. The van der Waals surface area contributed by atoms with E-state index in [1.165, 1.54) is 0 Å². The molecule has 0 radical (unpaired) electrons. The van der Waals surface area contributed by atoms with E-state index >= 15 is 0 Å². The summed E-state index contributed by atoms with van der Waals surface area (Å²) in [5.41, 5.74) is 1.74. The molecule has 0 atom stereocenters. The Morgan fingerprint density at radius 1 is 1.20 bits per heavy atom. The molecule has 1 N–H and O–H groups in total. The van der Waals surface area contributed by atoms with E-state index in [2.05, 4.69) is 10.3 Å². The zero-order chi connectivity index (χ0) is 14.3. The number of nitrogens with one attached hydrogen (secondary N) is 1. The summed E-state index contributed by atoms with van der Waals surface area (Å²) in [6, 6.07) is 1.48. The van der Waals surface area contributed by atoms with Crippen LogP contribution < -0.4 is 5.32 Å². The van der Waals surface area contributed by atoms with Crippen LogP contribution in [0, 0.1) is 17.5 Å². The van der Waals surface area contributed by atoms with Gasteiger partial charge in [0.05, 0.1) is 11.4 Å². The fourth-order valence-corrected chi connectivity index (χ4v) is 2.57. The average Bonchev–Trinajstić information content (AvgIpc) is 2.81. The molecule has 20 heavy (non-hydrogen) atoms. The minimum Gasteiger partial charge on any atom is -0.311 e. The van der Waals surface area contributed by atoms with Crippen LogP contribution in [0.15, 0.2) is 12.1 Å². The van der Waals surface area contributed by atoms with Crippen LogP contribution in [0.5, 0.6) is 0 Å². The molecule has 3 nitrogen and oxygen atoms in total. The number of benzene rings is 1.